The molecule has 3 aromatic rings. The van der Waals surface area contributed by atoms with E-state index in [2.05, 4.69) is 4.98 Å². The maximum Gasteiger partial charge on any atom is 0.278 e. The van der Waals surface area contributed by atoms with Crippen LogP contribution in [-0.2, 0) is 22.6 Å². The predicted molar refractivity (Wildman–Crippen MR) is 126 cm³/mol. The molecular formula is C26H24ClN3O2. The summed E-state index contributed by atoms with van der Waals surface area (Å²) in [7, 11) is 0. The molecule has 0 saturated heterocycles. The van der Waals surface area contributed by atoms with Crippen LogP contribution in [0.15, 0.2) is 84.8 Å². The highest BCUT2D eigenvalue weighted by Gasteiger charge is 2.41. The summed E-state index contributed by atoms with van der Waals surface area (Å²) in [5, 5.41) is 0.535. The number of carbonyl (C=O) groups excluding carboxylic acids is 2. The fraction of sp³-hybridized carbons (Fsp3) is 0.192. The molecule has 0 N–H and O–H groups in total. The van der Waals surface area contributed by atoms with E-state index in [9.17, 15) is 9.59 Å². The second-order valence-corrected chi connectivity index (χ2v) is 7.97. The SMILES string of the molecule is CCN(CCc1ccncc1)C1=C(c2ccccc2)C(=O)N(Cc2ccccc2Cl)C1=O. The number of pyridine rings is 1. The van der Waals surface area contributed by atoms with E-state index < -0.39 is 0 Å². The van der Waals surface area contributed by atoms with Gasteiger partial charge in [-0.15, -0.1) is 0 Å². The minimum Gasteiger partial charge on any atom is -0.366 e. The van der Waals surface area contributed by atoms with E-state index in [-0.39, 0.29) is 18.4 Å². The first-order chi connectivity index (χ1) is 15.6. The first-order valence-corrected chi connectivity index (χ1v) is 11.0. The van der Waals surface area contributed by atoms with Crippen LogP contribution in [0.1, 0.15) is 23.6 Å². The van der Waals surface area contributed by atoms with Crippen molar-refractivity contribution in [2.24, 2.45) is 0 Å². The molecule has 1 aliphatic heterocycles. The van der Waals surface area contributed by atoms with Crippen molar-refractivity contribution in [3.8, 4) is 0 Å². The standard InChI is InChI=1S/C26H24ClN3O2/c1-2-29(17-14-19-12-15-28-16-13-19)24-23(20-8-4-3-5-9-20)25(31)30(26(24)32)18-21-10-6-7-11-22(21)27/h3-13,15-16H,2,14,17-18H2,1H3. The first-order valence-electron chi connectivity index (χ1n) is 10.6. The third-order valence-corrected chi connectivity index (χ3v) is 5.98. The summed E-state index contributed by atoms with van der Waals surface area (Å²) in [6.07, 6.45) is 4.26. The van der Waals surface area contributed by atoms with Crippen molar-refractivity contribution in [2.75, 3.05) is 13.1 Å². The third kappa shape index (κ3) is 4.43. The van der Waals surface area contributed by atoms with Gasteiger partial charge >= 0.3 is 0 Å². The maximum atomic E-state index is 13.6. The van der Waals surface area contributed by atoms with Crippen LogP contribution in [0.5, 0.6) is 0 Å². The fourth-order valence-corrected chi connectivity index (χ4v) is 4.10. The van der Waals surface area contributed by atoms with Crippen LogP contribution >= 0.6 is 11.6 Å². The number of carbonyl (C=O) groups is 2. The first kappa shape index (κ1) is 21.8. The number of hydrogen-bond donors (Lipinski definition) is 0. The van der Waals surface area contributed by atoms with Crippen molar-refractivity contribution in [3.05, 3.63) is 107 Å². The largest absolute Gasteiger partial charge is 0.366 e. The second kappa shape index (κ2) is 9.79. The molecule has 6 heteroatoms. The van der Waals surface area contributed by atoms with Crippen LogP contribution in [0.4, 0.5) is 0 Å². The zero-order chi connectivity index (χ0) is 22.5. The maximum absolute atomic E-state index is 13.6. The topological polar surface area (TPSA) is 53.5 Å². The Labute approximate surface area is 193 Å². The van der Waals surface area contributed by atoms with Crippen molar-refractivity contribution in [1.82, 2.24) is 14.8 Å². The lowest BCUT2D eigenvalue weighted by atomic mass is 10.0. The molecule has 0 unspecified atom stereocenters. The molecule has 1 aliphatic rings. The van der Waals surface area contributed by atoms with E-state index in [1.807, 2.05) is 72.5 Å². The normalized spacial score (nSPS) is 13.8. The molecule has 2 aromatic carbocycles. The number of amides is 2. The Bertz CT molecular complexity index is 1150. The zero-order valence-corrected chi connectivity index (χ0v) is 18.6. The molecule has 5 nitrogen and oxygen atoms in total. The smallest absolute Gasteiger partial charge is 0.278 e. The van der Waals surface area contributed by atoms with Crippen molar-refractivity contribution in [2.45, 2.75) is 19.9 Å². The Morgan fingerprint density at radius 1 is 0.906 bits per heavy atom. The van der Waals surface area contributed by atoms with Crippen LogP contribution in [0, 0.1) is 0 Å². The fourth-order valence-electron chi connectivity index (χ4n) is 3.90. The molecular weight excluding hydrogens is 422 g/mol. The van der Waals surface area contributed by atoms with Gasteiger partial charge in [0, 0.05) is 30.5 Å². The predicted octanol–water partition coefficient (Wildman–Crippen LogP) is 4.58. The molecule has 4 rings (SSSR count). The lowest BCUT2D eigenvalue weighted by Gasteiger charge is -2.25. The number of nitrogens with zero attached hydrogens (tertiary/aromatic N) is 3. The number of rotatable bonds is 8. The monoisotopic (exact) mass is 445 g/mol. The van der Waals surface area contributed by atoms with Crippen LogP contribution in [-0.4, -0.2) is 39.7 Å². The Kier molecular flexibility index (Phi) is 6.66. The average molecular weight is 446 g/mol. The number of aromatic nitrogens is 1. The van der Waals surface area contributed by atoms with E-state index >= 15 is 0 Å². The Balaban J connectivity index is 1.69. The minimum absolute atomic E-state index is 0.138. The van der Waals surface area contributed by atoms with E-state index in [1.54, 1.807) is 18.5 Å². The number of likely N-dealkylation sites (N-methyl/N-ethyl adjacent to an activating group) is 1. The van der Waals surface area contributed by atoms with Crippen molar-refractivity contribution in [1.29, 1.82) is 0 Å². The lowest BCUT2D eigenvalue weighted by molar-refractivity contribution is -0.138. The van der Waals surface area contributed by atoms with Gasteiger partial charge in [-0.05, 0) is 48.2 Å². The molecule has 0 fully saturated rings. The van der Waals surface area contributed by atoms with Crippen molar-refractivity contribution >= 4 is 29.0 Å². The summed E-state index contributed by atoms with van der Waals surface area (Å²) >= 11 is 6.32. The molecule has 0 spiro atoms. The van der Waals surface area contributed by atoms with Crippen LogP contribution in [0.25, 0.3) is 5.57 Å². The van der Waals surface area contributed by atoms with E-state index in [4.69, 9.17) is 11.6 Å². The van der Waals surface area contributed by atoms with Gasteiger partial charge < -0.3 is 4.90 Å². The molecule has 162 valence electrons. The average Bonchev–Trinajstić information content (AvgIpc) is 3.07. The number of imide groups is 1. The molecule has 0 aliphatic carbocycles. The van der Waals surface area contributed by atoms with Crippen molar-refractivity contribution < 1.29 is 9.59 Å². The van der Waals surface area contributed by atoms with E-state index in [0.717, 1.165) is 23.1 Å². The highest BCUT2D eigenvalue weighted by atomic mass is 35.5. The Morgan fingerprint density at radius 3 is 2.28 bits per heavy atom. The van der Waals surface area contributed by atoms with Crippen LogP contribution in [0.2, 0.25) is 5.02 Å². The van der Waals surface area contributed by atoms with E-state index in [1.165, 1.54) is 4.90 Å². The summed E-state index contributed by atoms with van der Waals surface area (Å²) in [6.45, 7) is 3.36. The number of benzene rings is 2. The van der Waals surface area contributed by atoms with Gasteiger partial charge in [0.25, 0.3) is 11.8 Å². The van der Waals surface area contributed by atoms with Gasteiger partial charge in [0.2, 0.25) is 0 Å². The molecule has 2 heterocycles. The van der Waals surface area contributed by atoms with Gasteiger partial charge in [-0.2, -0.15) is 0 Å². The molecule has 0 atom stereocenters. The van der Waals surface area contributed by atoms with Gasteiger partial charge in [-0.3, -0.25) is 19.5 Å². The number of hydrogen-bond acceptors (Lipinski definition) is 4. The Hall–Kier alpha value is -3.44. The number of halogens is 1. The highest BCUT2D eigenvalue weighted by molar-refractivity contribution is 6.35. The van der Waals surface area contributed by atoms with Gasteiger partial charge in [0.1, 0.15) is 5.70 Å². The van der Waals surface area contributed by atoms with Gasteiger partial charge in [-0.1, -0.05) is 60.1 Å². The Morgan fingerprint density at radius 2 is 1.59 bits per heavy atom. The highest BCUT2D eigenvalue weighted by Crippen LogP contribution is 2.33. The third-order valence-electron chi connectivity index (χ3n) is 5.61. The molecule has 2 amide bonds. The molecule has 32 heavy (non-hydrogen) atoms. The van der Waals surface area contributed by atoms with Gasteiger partial charge in [-0.25, -0.2) is 0 Å². The molecule has 0 radical (unpaired) electrons. The summed E-state index contributed by atoms with van der Waals surface area (Å²) in [5.74, 6) is -0.580. The molecule has 0 saturated carbocycles. The second-order valence-electron chi connectivity index (χ2n) is 7.56. The minimum atomic E-state index is -0.293. The molecule has 1 aromatic heterocycles. The zero-order valence-electron chi connectivity index (χ0n) is 17.9. The molecule has 0 bridgehead atoms. The summed E-state index contributed by atoms with van der Waals surface area (Å²) in [4.78, 5) is 34.4. The quantitative estimate of drug-likeness (QED) is 0.476. The van der Waals surface area contributed by atoms with Gasteiger partial charge in [0.15, 0.2) is 0 Å². The van der Waals surface area contributed by atoms with Crippen LogP contribution in [0.3, 0.4) is 0 Å². The van der Waals surface area contributed by atoms with Gasteiger partial charge in [0.05, 0.1) is 12.1 Å². The van der Waals surface area contributed by atoms with Crippen LogP contribution < -0.4 is 0 Å². The summed E-state index contributed by atoms with van der Waals surface area (Å²) in [6, 6.07) is 20.6. The van der Waals surface area contributed by atoms with Crippen molar-refractivity contribution in [3.63, 3.8) is 0 Å². The summed E-state index contributed by atoms with van der Waals surface area (Å²) in [5.41, 5.74) is 3.50. The lowest BCUT2D eigenvalue weighted by Crippen LogP contribution is -2.35. The van der Waals surface area contributed by atoms with E-state index in [0.29, 0.717) is 29.4 Å². The summed E-state index contributed by atoms with van der Waals surface area (Å²) < 4.78 is 0.